The Balaban J connectivity index is 1.83. The smallest absolute Gasteiger partial charge is 0.0491 e. The second-order valence-corrected chi connectivity index (χ2v) is 7.02. The van der Waals surface area contributed by atoms with Crippen LogP contribution in [0.15, 0.2) is 73.3 Å². The molecule has 0 saturated heterocycles. The van der Waals surface area contributed by atoms with Gasteiger partial charge in [-0.05, 0) is 66.8 Å². The Hall–Kier alpha value is -2.84. The lowest BCUT2D eigenvalue weighted by atomic mass is 9.92. The highest BCUT2D eigenvalue weighted by Crippen LogP contribution is 2.33. The highest BCUT2D eigenvalue weighted by Gasteiger charge is 2.12. The summed E-state index contributed by atoms with van der Waals surface area (Å²) < 4.78 is 2.38. The fourth-order valence-corrected chi connectivity index (χ4v) is 4.06. The molecule has 27 heavy (non-hydrogen) atoms. The van der Waals surface area contributed by atoms with Crippen LogP contribution in [0.2, 0.25) is 0 Å². The summed E-state index contributed by atoms with van der Waals surface area (Å²) in [6.07, 6.45) is 1.98. The van der Waals surface area contributed by atoms with Crippen LogP contribution >= 0.6 is 0 Å². The second kappa shape index (κ2) is 7.42. The van der Waals surface area contributed by atoms with Crippen LogP contribution in [-0.2, 0) is 13.0 Å². The molecule has 0 bridgehead atoms. The van der Waals surface area contributed by atoms with Gasteiger partial charge in [0.05, 0.1) is 0 Å². The lowest BCUT2D eigenvalue weighted by molar-refractivity contribution is 0.827. The molecule has 0 atom stereocenters. The van der Waals surface area contributed by atoms with Gasteiger partial charge >= 0.3 is 0 Å². The highest BCUT2D eigenvalue weighted by atomic mass is 15.0. The first-order chi connectivity index (χ1) is 13.2. The number of fused-ring (bicyclic) bond motifs is 3. The number of nitrogens with zero attached hydrogens (tertiary/aromatic N) is 1. The molecule has 1 heterocycles. The normalized spacial score (nSPS) is 11.3. The van der Waals surface area contributed by atoms with Gasteiger partial charge in [0.2, 0.25) is 0 Å². The number of para-hydroxylation sites is 1. The first kappa shape index (κ1) is 17.6. The van der Waals surface area contributed by atoms with E-state index in [2.05, 4.69) is 84.8 Å². The standard InChI is InChI=1S/C25H26N2/c1-3-27-24-13-7-6-12-22(24)23-17-20(14-15-25(23)27)18(2)21-11-5-4-9-19(21)10-8-16-26/h4-7,9,11-15,17H,2-3,8,10,16,26H2,1H3. The minimum absolute atomic E-state index is 0.712. The van der Waals surface area contributed by atoms with Crippen LogP contribution in [0.25, 0.3) is 27.4 Å². The van der Waals surface area contributed by atoms with Crippen LogP contribution in [0.1, 0.15) is 30.0 Å². The van der Waals surface area contributed by atoms with Crippen molar-refractivity contribution in [1.82, 2.24) is 4.57 Å². The number of nitrogens with two attached hydrogens (primary N) is 1. The Morgan fingerprint density at radius 2 is 1.67 bits per heavy atom. The van der Waals surface area contributed by atoms with E-state index in [9.17, 15) is 0 Å². The van der Waals surface area contributed by atoms with Crippen molar-refractivity contribution in [3.05, 3.63) is 90.0 Å². The second-order valence-electron chi connectivity index (χ2n) is 7.02. The van der Waals surface area contributed by atoms with Gasteiger partial charge in [0.15, 0.2) is 0 Å². The van der Waals surface area contributed by atoms with Gasteiger partial charge in [-0.25, -0.2) is 0 Å². The predicted octanol–water partition coefficient (Wildman–Crippen LogP) is 5.77. The number of rotatable bonds is 6. The zero-order chi connectivity index (χ0) is 18.8. The van der Waals surface area contributed by atoms with E-state index < -0.39 is 0 Å². The number of hydrogen-bond donors (Lipinski definition) is 1. The third-order valence-electron chi connectivity index (χ3n) is 5.43. The van der Waals surface area contributed by atoms with Crippen LogP contribution in [-0.4, -0.2) is 11.1 Å². The monoisotopic (exact) mass is 354 g/mol. The topological polar surface area (TPSA) is 30.9 Å². The molecule has 0 fully saturated rings. The Morgan fingerprint density at radius 1 is 0.926 bits per heavy atom. The summed E-state index contributed by atoms with van der Waals surface area (Å²) in [7, 11) is 0. The van der Waals surface area contributed by atoms with Gasteiger partial charge in [-0.2, -0.15) is 0 Å². The first-order valence-electron chi connectivity index (χ1n) is 9.73. The number of aromatic nitrogens is 1. The maximum absolute atomic E-state index is 5.72. The SMILES string of the molecule is C=C(c1ccc2c(c1)c1ccccc1n2CC)c1ccccc1CCCN. The van der Waals surface area contributed by atoms with Gasteiger partial charge in [-0.15, -0.1) is 0 Å². The summed E-state index contributed by atoms with van der Waals surface area (Å²) >= 11 is 0. The molecule has 0 saturated carbocycles. The average molecular weight is 354 g/mol. The highest BCUT2D eigenvalue weighted by molar-refractivity contribution is 6.09. The van der Waals surface area contributed by atoms with E-state index in [1.54, 1.807) is 0 Å². The molecule has 2 nitrogen and oxygen atoms in total. The van der Waals surface area contributed by atoms with Crippen LogP contribution in [0.4, 0.5) is 0 Å². The van der Waals surface area contributed by atoms with Gasteiger partial charge < -0.3 is 10.3 Å². The third kappa shape index (κ3) is 3.07. The average Bonchev–Trinajstić information content (AvgIpc) is 3.05. The van der Waals surface area contributed by atoms with E-state index in [-0.39, 0.29) is 0 Å². The number of hydrogen-bond acceptors (Lipinski definition) is 1. The molecule has 136 valence electrons. The summed E-state index contributed by atoms with van der Waals surface area (Å²) in [4.78, 5) is 0. The molecule has 1 aromatic heterocycles. The number of aryl methyl sites for hydroxylation is 2. The lowest BCUT2D eigenvalue weighted by Gasteiger charge is -2.13. The van der Waals surface area contributed by atoms with Crippen molar-refractivity contribution in [2.45, 2.75) is 26.3 Å². The van der Waals surface area contributed by atoms with Crippen molar-refractivity contribution >= 4 is 27.4 Å². The molecule has 0 aliphatic carbocycles. The molecule has 4 rings (SSSR count). The third-order valence-corrected chi connectivity index (χ3v) is 5.43. The molecule has 0 unspecified atom stereocenters. The fraction of sp³-hybridized carbons (Fsp3) is 0.200. The largest absolute Gasteiger partial charge is 0.341 e. The summed E-state index contributed by atoms with van der Waals surface area (Å²) in [6.45, 7) is 8.32. The lowest BCUT2D eigenvalue weighted by Crippen LogP contribution is -2.02. The number of benzene rings is 3. The van der Waals surface area contributed by atoms with E-state index >= 15 is 0 Å². The van der Waals surface area contributed by atoms with Gasteiger partial charge in [0, 0.05) is 28.4 Å². The van der Waals surface area contributed by atoms with Crippen molar-refractivity contribution in [3.63, 3.8) is 0 Å². The van der Waals surface area contributed by atoms with E-state index in [1.807, 2.05) is 0 Å². The van der Waals surface area contributed by atoms with Crippen LogP contribution in [0.5, 0.6) is 0 Å². The van der Waals surface area contributed by atoms with Gasteiger partial charge in [-0.3, -0.25) is 0 Å². The van der Waals surface area contributed by atoms with Crippen molar-refractivity contribution in [1.29, 1.82) is 0 Å². The predicted molar refractivity (Wildman–Crippen MR) is 117 cm³/mol. The Kier molecular flexibility index (Phi) is 4.83. The molecule has 0 spiro atoms. The zero-order valence-electron chi connectivity index (χ0n) is 15.9. The summed E-state index contributed by atoms with van der Waals surface area (Å²) in [5, 5.41) is 2.60. The summed E-state index contributed by atoms with van der Waals surface area (Å²) in [5.74, 6) is 0. The first-order valence-corrected chi connectivity index (χ1v) is 9.73. The Morgan fingerprint density at radius 3 is 2.48 bits per heavy atom. The van der Waals surface area contributed by atoms with Crippen LogP contribution in [0.3, 0.4) is 0 Å². The minimum atomic E-state index is 0.712. The van der Waals surface area contributed by atoms with E-state index in [0.717, 1.165) is 25.0 Å². The molecule has 2 heteroatoms. The minimum Gasteiger partial charge on any atom is -0.341 e. The molecular weight excluding hydrogens is 328 g/mol. The maximum atomic E-state index is 5.72. The van der Waals surface area contributed by atoms with Crippen LogP contribution in [0, 0.1) is 0 Å². The molecule has 2 N–H and O–H groups in total. The zero-order valence-corrected chi connectivity index (χ0v) is 15.9. The van der Waals surface area contributed by atoms with Crippen LogP contribution < -0.4 is 5.73 Å². The Bertz CT molecular complexity index is 1120. The molecule has 4 aromatic rings. The molecule has 0 aliphatic heterocycles. The van der Waals surface area contributed by atoms with Crippen molar-refractivity contribution in [2.75, 3.05) is 6.54 Å². The van der Waals surface area contributed by atoms with Crippen molar-refractivity contribution in [3.8, 4) is 0 Å². The maximum Gasteiger partial charge on any atom is 0.0491 e. The molecule has 0 aliphatic rings. The van der Waals surface area contributed by atoms with Gasteiger partial charge in [0.1, 0.15) is 0 Å². The van der Waals surface area contributed by atoms with E-state index in [1.165, 1.54) is 38.5 Å². The molecule has 0 radical (unpaired) electrons. The molecule has 0 amide bonds. The molecular formula is C25H26N2. The summed E-state index contributed by atoms with van der Waals surface area (Å²) in [5.41, 5.74) is 13.1. The van der Waals surface area contributed by atoms with Gasteiger partial charge in [0.25, 0.3) is 0 Å². The van der Waals surface area contributed by atoms with Crippen molar-refractivity contribution in [2.24, 2.45) is 5.73 Å². The van der Waals surface area contributed by atoms with E-state index in [4.69, 9.17) is 5.73 Å². The molecule has 3 aromatic carbocycles. The van der Waals surface area contributed by atoms with Gasteiger partial charge in [-0.1, -0.05) is 55.1 Å². The quantitative estimate of drug-likeness (QED) is 0.468. The van der Waals surface area contributed by atoms with E-state index in [0.29, 0.717) is 6.54 Å². The Labute approximate surface area is 160 Å². The summed E-state index contributed by atoms with van der Waals surface area (Å²) in [6, 6.07) is 23.9. The fourth-order valence-electron chi connectivity index (χ4n) is 4.06. The van der Waals surface area contributed by atoms with Crippen molar-refractivity contribution < 1.29 is 0 Å².